The molecule has 4 nitrogen and oxygen atoms in total. The maximum Gasteiger partial charge on any atom is 0.260 e. The third-order valence-electron chi connectivity index (χ3n) is 3.25. The summed E-state index contributed by atoms with van der Waals surface area (Å²) in [5, 5.41) is 0. The molecule has 0 saturated heterocycles. The van der Waals surface area contributed by atoms with E-state index in [0.717, 1.165) is 3.57 Å². The lowest BCUT2D eigenvalue weighted by molar-refractivity contribution is -0.132. The van der Waals surface area contributed by atoms with Gasteiger partial charge in [0.2, 0.25) is 0 Å². The number of nitrogens with zero attached hydrogens (tertiary/aromatic N) is 1. The predicted octanol–water partition coefficient (Wildman–Crippen LogP) is 3.48. The van der Waals surface area contributed by atoms with Gasteiger partial charge in [-0.15, -0.1) is 0 Å². The number of carbonyl (C=O) groups is 1. The molecule has 0 aliphatic carbocycles. The highest BCUT2D eigenvalue weighted by Crippen LogP contribution is 2.20. The molecule has 0 aliphatic rings. The number of amides is 1. The minimum Gasteiger partial charge on any atom is -0.494 e. The normalized spacial score (nSPS) is 10.3. The second kappa shape index (κ2) is 8.14. The molecule has 6 heteroatoms. The number of carbonyl (C=O) groups excluding carboxylic acids is 1. The maximum atomic E-state index is 13.7. The maximum absolute atomic E-state index is 13.7. The van der Waals surface area contributed by atoms with Gasteiger partial charge in [-0.3, -0.25) is 4.79 Å². The summed E-state index contributed by atoms with van der Waals surface area (Å²) in [6.45, 7) is 0.240. The van der Waals surface area contributed by atoms with Crippen LogP contribution in [0.5, 0.6) is 11.5 Å². The first-order valence-electron chi connectivity index (χ1n) is 6.95. The fourth-order valence-electron chi connectivity index (χ4n) is 1.98. The van der Waals surface area contributed by atoms with E-state index in [4.69, 9.17) is 9.47 Å². The molecule has 23 heavy (non-hydrogen) atoms. The van der Waals surface area contributed by atoms with Crippen molar-refractivity contribution in [2.24, 2.45) is 0 Å². The summed E-state index contributed by atoms with van der Waals surface area (Å²) < 4.78 is 25.0. The largest absolute Gasteiger partial charge is 0.494 e. The molecule has 0 aliphatic heterocycles. The number of para-hydroxylation sites is 1. The van der Waals surface area contributed by atoms with E-state index in [1.54, 1.807) is 19.2 Å². The van der Waals surface area contributed by atoms with Crippen molar-refractivity contribution in [2.45, 2.75) is 6.54 Å². The van der Waals surface area contributed by atoms with E-state index in [2.05, 4.69) is 22.6 Å². The Kier molecular flexibility index (Phi) is 6.20. The Morgan fingerprint density at radius 3 is 2.61 bits per heavy atom. The van der Waals surface area contributed by atoms with Crippen LogP contribution in [0, 0.1) is 9.39 Å². The van der Waals surface area contributed by atoms with E-state index in [1.807, 2.05) is 24.3 Å². The molecule has 0 saturated carbocycles. The van der Waals surface area contributed by atoms with E-state index >= 15 is 0 Å². The SMILES string of the molecule is COc1ccc(CN(C)C(=O)COc2ccccc2I)cc1F. The summed E-state index contributed by atoms with van der Waals surface area (Å²) in [7, 11) is 3.07. The number of ether oxygens (including phenoxy) is 2. The minimum absolute atomic E-state index is 0.0604. The standard InChI is InChI=1S/C17H17FINO3/c1-20(10-12-7-8-15(22-2)13(18)9-12)17(21)11-23-16-6-4-3-5-14(16)19/h3-9H,10-11H2,1-2H3. The number of halogens is 2. The summed E-state index contributed by atoms with van der Waals surface area (Å²) in [5.74, 6) is 0.233. The molecule has 0 radical (unpaired) electrons. The van der Waals surface area contributed by atoms with E-state index in [0.29, 0.717) is 17.9 Å². The van der Waals surface area contributed by atoms with Crippen LogP contribution in [0.2, 0.25) is 0 Å². The zero-order chi connectivity index (χ0) is 16.8. The molecule has 2 rings (SSSR count). The zero-order valence-electron chi connectivity index (χ0n) is 12.9. The second-order valence-electron chi connectivity index (χ2n) is 4.94. The van der Waals surface area contributed by atoms with Crippen LogP contribution in [0.3, 0.4) is 0 Å². The minimum atomic E-state index is -0.444. The molecule has 1 amide bonds. The van der Waals surface area contributed by atoms with Crippen molar-refractivity contribution in [3.63, 3.8) is 0 Å². The van der Waals surface area contributed by atoms with Gasteiger partial charge in [0.05, 0.1) is 10.7 Å². The number of hydrogen-bond acceptors (Lipinski definition) is 3. The third kappa shape index (κ3) is 4.82. The van der Waals surface area contributed by atoms with Gasteiger partial charge in [-0.1, -0.05) is 18.2 Å². The molecule has 2 aromatic rings. The van der Waals surface area contributed by atoms with Crippen LogP contribution in [0.15, 0.2) is 42.5 Å². The lowest BCUT2D eigenvalue weighted by Gasteiger charge is -2.18. The molecule has 0 fully saturated rings. The first-order valence-corrected chi connectivity index (χ1v) is 8.03. The average Bonchev–Trinajstić information content (AvgIpc) is 2.54. The number of rotatable bonds is 6. The highest BCUT2D eigenvalue weighted by molar-refractivity contribution is 14.1. The van der Waals surface area contributed by atoms with Crippen molar-refractivity contribution in [1.82, 2.24) is 4.90 Å². The molecule has 0 heterocycles. The van der Waals surface area contributed by atoms with Crippen molar-refractivity contribution in [1.29, 1.82) is 0 Å². The molecular weight excluding hydrogens is 412 g/mol. The van der Waals surface area contributed by atoms with Crippen LogP contribution in [0.4, 0.5) is 4.39 Å². The van der Waals surface area contributed by atoms with Crippen molar-refractivity contribution < 1.29 is 18.7 Å². The molecule has 122 valence electrons. The Morgan fingerprint density at radius 2 is 1.96 bits per heavy atom. The molecule has 0 atom stereocenters. The summed E-state index contributed by atoms with van der Waals surface area (Å²) in [6.07, 6.45) is 0. The summed E-state index contributed by atoms with van der Waals surface area (Å²) in [5.41, 5.74) is 0.688. The van der Waals surface area contributed by atoms with Gasteiger partial charge in [0.15, 0.2) is 18.2 Å². The quantitative estimate of drug-likeness (QED) is 0.661. The first-order chi connectivity index (χ1) is 11.0. The van der Waals surface area contributed by atoms with Gasteiger partial charge < -0.3 is 14.4 Å². The Morgan fingerprint density at radius 1 is 1.22 bits per heavy atom. The Bertz CT molecular complexity index is 693. The second-order valence-corrected chi connectivity index (χ2v) is 6.10. The fraction of sp³-hybridized carbons (Fsp3) is 0.235. The molecule has 0 N–H and O–H groups in total. The smallest absolute Gasteiger partial charge is 0.260 e. The van der Waals surface area contributed by atoms with Crippen LogP contribution in [0.25, 0.3) is 0 Å². The highest BCUT2D eigenvalue weighted by Gasteiger charge is 2.12. The predicted molar refractivity (Wildman–Crippen MR) is 94.1 cm³/mol. The summed E-state index contributed by atoms with van der Waals surface area (Å²) >= 11 is 2.15. The van der Waals surface area contributed by atoms with E-state index in [1.165, 1.54) is 18.1 Å². The Balaban J connectivity index is 1.92. The Hall–Kier alpha value is -1.83. The lowest BCUT2D eigenvalue weighted by atomic mass is 10.2. The van der Waals surface area contributed by atoms with Crippen LogP contribution in [-0.4, -0.2) is 31.6 Å². The van der Waals surface area contributed by atoms with Gasteiger partial charge in [-0.05, 0) is 52.4 Å². The zero-order valence-corrected chi connectivity index (χ0v) is 15.0. The van der Waals surface area contributed by atoms with Gasteiger partial charge in [-0.2, -0.15) is 0 Å². The fourth-order valence-corrected chi connectivity index (χ4v) is 2.52. The van der Waals surface area contributed by atoms with Crippen molar-refractivity contribution in [2.75, 3.05) is 20.8 Å². The van der Waals surface area contributed by atoms with Gasteiger partial charge in [0.1, 0.15) is 5.75 Å². The molecule has 0 bridgehead atoms. The highest BCUT2D eigenvalue weighted by atomic mass is 127. The van der Waals surface area contributed by atoms with Crippen molar-refractivity contribution >= 4 is 28.5 Å². The molecular formula is C17H17FINO3. The molecule has 0 spiro atoms. The lowest BCUT2D eigenvalue weighted by Crippen LogP contribution is -2.31. The number of benzene rings is 2. The van der Waals surface area contributed by atoms with E-state index < -0.39 is 5.82 Å². The third-order valence-corrected chi connectivity index (χ3v) is 4.14. The molecule has 2 aromatic carbocycles. The van der Waals surface area contributed by atoms with Crippen LogP contribution in [0.1, 0.15) is 5.56 Å². The number of methoxy groups -OCH3 is 1. The van der Waals surface area contributed by atoms with Gasteiger partial charge >= 0.3 is 0 Å². The monoisotopic (exact) mass is 429 g/mol. The van der Waals surface area contributed by atoms with Crippen LogP contribution >= 0.6 is 22.6 Å². The van der Waals surface area contributed by atoms with Crippen LogP contribution < -0.4 is 9.47 Å². The summed E-state index contributed by atoms with van der Waals surface area (Å²) in [6, 6.07) is 12.1. The van der Waals surface area contributed by atoms with E-state index in [-0.39, 0.29) is 18.3 Å². The van der Waals surface area contributed by atoms with Crippen LogP contribution in [-0.2, 0) is 11.3 Å². The Labute approximate surface area is 148 Å². The summed E-state index contributed by atoms with van der Waals surface area (Å²) in [4.78, 5) is 13.6. The van der Waals surface area contributed by atoms with Gasteiger partial charge in [0.25, 0.3) is 5.91 Å². The van der Waals surface area contributed by atoms with Gasteiger partial charge in [-0.25, -0.2) is 4.39 Å². The van der Waals surface area contributed by atoms with Crippen molar-refractivity contribution in [3.8, 4) is 11.5 Å². The number of hydrogen-bond donors (Lipinski definition) is 0. The number of likely N-dealkylation sites (N-methyl/N-ethyl adjacent to an activating group) is 1. The first kappa shape index (κ1) is 17.5. The molecule has 0 aromatic heterocycles. The van der Waals surface area contributed by atoms with Gasteiger partial charge in [0, 0.05) is 13.6 Å². The average molecular weight is 429 g/mol. The molecule has 0 unspecified atom stereocenters. The topological polar surface area (TPSA) is 38.8 Å². The van der Waals surface area contributed by atoms with Crippen molar-refractivity contribution in [3.05, 3.63) is 57.4 Å². The van der Waals surface area contributed by atoms with E-state index in [9.17, 15) is 9.18 Å².